The van der Waals surface area contributed by atoms with Crippen molar-refractivity contribution in [1.82, 2.24) is 4.90 Å². The number of anilines is 1. The van der Waals surface area contributed by atoms with Gasteiger partial charge < -0.3 is 10.2 Å². The van der Waals surface area contributed by atoms with E-state index in [1.54, 1.807) is 26.2 Å². The number of carbonyl (C=O) groups excluding carboxylic acids is 1. The van der Waals surface area contributed by atoms with Gasteiger partial charge in [0, 0.05) is 31.3 Å². The fourth-order valence-electron chi connectivity index (χ4n) is 1.63. The summed E-state index contributed by atoms with van der Waals surface area (Å²) < 4.78 is 0. The highest BCUT2D eigenvalue weighted by Crippen LogP contribution is 2.29. The van der Waals surface area contributed by atoms with Crippen molar-refractivity contribution in [1.29, 1.82) is 0 Å². The zero-order chi connectivity index (χ0) is 15.5. The van der Waals surface area contributed by atoms with E-state index in [2.05, 4.69) is 5.32 Å². The lowest BCUT2D eigenvalue weighted by Crippen LogP contribution is -2.30. The molecule has 0 aliphatic rings. The number of rotatable bonds is 5. The van der Waals surface area contributed by atoms with Gasteiger partial charge in [0.15, 0.2) is 0 Å². The van der Waals surface area contributed by atoms with Gasteiger partial charge in [-0.1, -0.05) is 6.92 Å². The Labute approximate surface area is 118 Å². The minimum absolute atomic E-state index is 0.0841. The first-order chi connectivity index (χ1) is 9.18. The van der Waals surface area contributed by atoms with E-state index in [1.807, 2.05) is 20.8 Å². The van der Waals surface area contributed by atoms with Gasteiger partial charge in [0.25, 0.3) is 11.6 Å². The summed E-state index contributed by atoms with van der Waals surface area (Å²) in [5.41, 5.74) is 0.399. The summed E-state index contributed by atoms with van der Waals surface area (Å²) in [6.45, 7) is 5.94. The molecule has 6 nitrogen and oxygen atoms in total. The molecule has 0 aliphatic carbocycles. The van der Waals surface area contributed by atoms with Crippen LogP contribution in [0.3, 0.4) is 0 Å². The van der Waals surface area contributed by atoms with Crippen molar-refractivity contribution in [3.8, 4) is 0 Å². The largest absolute Gasteiger partial charge is 0.375 e. The van der Waals surface area contributed by atoms with Crippen molar-refractivity contribution in [3.05, 3.63) is 33.9 Å². The standard InChI is InChI=1S/C14H21N3O3/c1-6-14(2,3)15-11-8-7-10(13(18)16(4)5)9-12(11)17(19)20/h7-9,15H,6H2,1-5H3. The van der Waals surface area contributed by atoms with Crippen molar-refractivity contribution < 1.29 is 9.72 Å². The number of benzene rings is 1. The zero-order valence-electron chi connectivity index (χ0n) is 12.6. The average molecular weight is 279 g/mol. The van der Waals surface area contributed by atoms with Crippen molar-refractivity contribution >= 4 is 17.3 Å². The number of amides is 1. The third kappa shape index (κ3) is 3.69. The van der Waals surface area contributed by atoms with Crippen LogP contribution in [0.25, 0.3) is 0 Å². The fraction of sp³-hybridized carbons (Fsp3) is 0.500. The normalized spacial score (nSPS) is 11.1. The van der Waals surface area contributed by atoms with Crippen molar-refractivity contribution in [3.63, 3.8) is 0 Å². The molecule has 1 N–H and O–H groups in total. The average Bonchev–Trinajstić information content (AvgIpc) is 2.37. The molecule has 0 aromatic heterocycles. The zero-order valence-corrected chi connectivity index (χ0v) is 12.6. The molecule has 0 fully saturated rings. The minimum Gasteiger partial charge on any atom is -0.375 e. The lowest BCUT2D eigenvalue weighted by atomic mass is 10.0. The summed E-state index contributed by atoms with van der Waals surface area (Å²) in [5.74, 6) is -0.255. The van der Waals surface area contributed by atoms with Crippen LogP contribution in [-0.2, 0) is 0 Å². The Balaban J connectivity index is 3.22. The molecule has 0 heterocycles. The molecular weight excluding hydrogens is 258 g/mol. The van der Waals surface area contributed by atoms with Crippen LogP contribution in [0.4, 0.5) is 11.4 Å². The van der Waals surface area contributed by atoms with Crippen LogP contribution < -0.4 is 5.32 Å². The number of nitro groups is 1. The first-order valence-electron chi connectivity index (χ1n) is 6.46. The Morgan fingerprint density at radius 1 is 1.40 bits per heavy atom. The molecule has 110 valence electrons. The second-order valence-electron chi connectivity index (χ2n) is 5.55. The molecule has 1 amide bonds. The van der Waals surface area contributed by atoms with Crippen LogP contribution in [0.15, 0.2) is 18.2 Å². The molecular formula is C14H21N3O3. The molecule has 0 unspecified atom stereocenters. The van der Waals surface area contributed by atoms with Gasteiger partial charge in [0.2, 0.25) is 0 Å². The third-order valence-electron chi connectivity index (χ3n) is 3.20. The molecule has 6 heteroatoms. The van der Waals surface area contributed by atoms with E-state index in [0.29, 0.717) is 11.3 Å². The molecule has 0 aliphatic heterocycles. The second-order valence-corrected chi connectivity index (χ2v) is 5.55. The Kier molecular flexibility index (Phi) is 4.70. The first kappa shape index (κ1) is 15.9. The second kappa shape index (κ2) is 5.90. The smallest absolute Gasteiger partial charge is 0.293 e. The van der Waals surface area contributed by atoms with Gasteiger partial charge >= 0.3 is 0 Å². The number of hydrogen-bond acceptors (Lipinski definition) is 4. The molecule has 0 saturated heterocycles. The van der Waals surface area contributed by atoms with Crippen LogP contribution in [0, 0.1) is 10.1 Å². The maximum atomic E-state index is 11.9. The van der Waals surface area contributed by atoms with Crippen molar-refractivity contribution in [2.24, 2.45) is 0 Å². The van der Waals surface area contributed by atoms with Crippen LogP contribution in [0.1, 0.15) is 37.6 Å². The van der Waals surface area contributed by atoms with Gasteiger partial charge in [0.05, 0.1) is 4.92 Å². The van der Waals surface area contributed by atoms with Crippen LogP contribution >= 0.6 is 0 Å². The number of nitrogens with one attached hydrogen (secondary N) is 1. The molecule has 0 atom stereocenters. The highest BCUT2D eigenvalue weighted by molar-refractivity contribution is 5.95. The summed E-state index contributed by atoms with van der Waals surface area (Å²) in [7, 11) is 3.22. The number of carbonyl (C=O) groups is 1. The van der Waals surface area contributed by atoms with Gasteiger partial charge in [-0.3, -0.25) is 14.9 Å². The monoisotopic (exact) mass is 279 g/mol. The van der Waals surface area contributed by atoms with Gasteiger partial charge in [-0.25, -0.2) is 0 Å². The summed E-state index contributed by atoms with van der Waals surface area (Å²) in [6, 6.07) is 4.51. The summed E-state index contributed by atoms with van der Waals surface area (Å²) in [5, 5.41) is 14.3. The number of nitro benzene ring substituents is 1. The highest BCUT2D eigenvalue weighted by atomic mass is 16.6. The predicted molar refractivity (Wildman–Crippen MR) is 79.1 cm³/mol. The molecule has 1 aromatic carbocycles. The molecule has 0 radical (unpaired) electrons. The summed E-state index contributed by atoms with van der Waals surface area (Å²) in [4.78, 5) is 24.0. The van der Waals surface area contributed by atoms with E-state index in [1.165, 1.54) is 11.0 Å². The SMILES string of the molecule is CCC(C)(C)Nc1ccc(C(=O)N(C)C)cc1[N+](=O)[O-]. The maximum absolute atomic E-state index is 11.9. The van der Waals surface area contributed by atoms with E-state index in [-0.39, 0.29) is 17.1 Å². The predicted octanol–water partition coefficient (Wildman–Crippen LogP) is 2.90. The molecule has 20 heavy (non-hydrogen) atoms. The maximum Gasteiger partial charge on any atom is 0.293 e. The van der Waals surface area contributed by atoms with E-state index in [4.69, 9.17) is 0 Å². The highest BCUT2D eigenvalue weighted by Gasteiger charge is 2.23. The Morgan fingerprint density at radius 2 is 2.00 bits per heavy atom. The summed E-state index contributed by atoms with van der Waals surface area (Å²) in [6.07, 6.45) is 0.822. The van der Waals surface area contributed by atoms with Crippen LogP contribution in [0.5, 0.6) is 0 Å². The van der Waals surface area contributed by atoms with E-state index < -0.39 is 4.92 Å². The molecule has 0 bridgehead atoms. The minimum atomic E-state index is -0.472. The van der Waals surface area contributed by atoms with Crippen molar-refractivity contribution in [2.45, 2.75) is 32.7 Å². The van der Waals surface area contributed by atoms with Gasteiger partial charge in [-0.05, 0) is 32.4 Å². The Morgan fingerprint density at radius 3 is 2.45 bits per heavy atom. The van der Waals surface area contributed by atoms with Crippen molar-refractivity contribution in [2.75, 3.05) is 19.4 Å². The van der Waals surface area contributed by atoms with Gasteiger partial charge in [0.1, 0.15) is 5.69 Å². The van der Waals surface area contributed by atoms with E-state index in [9.17, 15) is 14.9 Å². The fourth-order valence-corrected chi connectivity index (χ4v) is 1.63. The quantitative estimate of drug-likeness (QED) is 0.664. The molecule has 0 saturated carbocycles. The van der Waals surface area contributed by atoms with E-state index in [0.717, 1.165) is 6.42 Å². The molecule has 0 spiro atoms. The lowest BCUT2D eigenvalue weighted by Gasteiger charge is -2.25. The van der Waals surface area contributed by atoms with E-state index >= 15 is 0 Å². The van der Waals surface area contributed by atoms with Crippen LogP contribution in [0.2, 0.25) is 0 Å². The van der Waals surface area contributed by atoms with Gasteiger partial charge in [-0.15, -0.1) is 0 Å². The number of hydrogen-bond donors (Lipinski definition) is 1. The lowest BCUT2D eigenvalue weighted by molar-refractivity contribution is -0.384. The summed E-state index contributed by atoms with van der Waals surface area (Å²) >= 11 is 0. The van der Waals surface area contributed by atoms with Gasteiger partial charge in [-0.2, -0.15) is 0 Å². The molecule has 1 aromatic rings. The van der Waals surface area contributed by atoms with Crippen LogP contribution in [-0.4, -0.2) is 35.4 Å². The Bertz CT molecular complexity index is 524. The molecule has 1 rings (SSSR count). The first-order valence-corrected chi connectivity index (χ1v) is 6.46. The third-order valence-corrected chi connectivity index (χ3v) is 3.20. The Hall–Kier alpha value is -2.11. The topological polar surface area (TPSA) is 75.5 Å². The number of nitrogens with zero attached hydrogens (tertiary/aromatic N) is 2.